The number of nitrogens with one attached hydrogen (secondary N) is 2. The van der Waals surface area contributed by atoms with E-state index in [-0.39, 0.29) is 17.1 Å². The topological polar surface area (TPSA) is 86.3 Å². The number of halogens is 2. The summed E-state index contributed by atoms with van der Waals surface area (Å²) in [5.41, 5.74) is 1.36. The molecule has 1 saturated heterocycles. The fourth-order valence-corrected chi connectivity index (χ4v) is 3.69. The quantitative estimate of drug-likeness (QED) is 0.456. The van der Waals surface area contributed by atoms with Crippen molar-refractivity contribution in [1.29, 1.82) is 0 Å². The van der Waals surface area contributed by atoms with E-state index in [0.717, 1.165) is 18.9 Å². The van der Waals surface area contributed by atoms with Crippen LogP contribution in [0, 0.1) is 11.6 Å². The number of benzene rings is 1. The molecular formula is C22H19F2N5O2. The summed E-state index contributed by atoms with van der Waals surface area (Å²) in [5, 5.41) is 13.8. The van der Waals surface area contributed by atoms with Gasteiger partial charge in [-0.15, -0.1) is 0 Å². The van der Waals surface area contributed by atoms with E-state index in [4.69, 9.17) is 4.74 Å². The number of aromatic hydroxyl groups is 1. The zero-order valence-corrected chi connectivity index (χ0v) is 16.4. The second kappa shape index (κ2) is 7.84. The van der Waals surface area contributed by atoms with E-state index in [1.165, 1.54) is 30.5 Å². The molecule has 0 bridgehead atoms. The number of hydrogen-bond acceptors (Lipinski definition) is 6. The predicted octanol–water partition coefficient (Wildman–Crippen LogP) is 4.19. The van der Waals surface area contributed by atoms with Crippen molar-refractivity contribution in [3.8, 4) is 17.1 Å². The highest BCUT2D eigenvalue weighted by Gasteiger charge is 2.18. The highest BCUT2D eigenvalue weighted by molar-refractivity contribution is 5.99. The van der Waals surface area contributed by atoms with Crippen molar-refractivity contribution in [1.82, 2.24) is 15.0 Å². The van der Waals surface area contributed by atoms with E-state index >= 15 is 0 Å². The highest BCUT2D eigenvalue weighted by Crippen LogP contribution is 2.36. The second-order valence-electron chi connectivity index (χ2n) is 7.18. The van der Waals surface area contributed by atoms with Crippen LogP contribution in [0.25, 0.3) is 22.2 Å². The minimum absolute atomic E-state index is 0.0940. The van der Waals surface area contributed by atoms with Gasteiger partial charge in [-0.2, -0.15) is 0 Å². The van der Waals surface area contributed by atoms with Crippen LogP contribution in [0.1, 0.15) is 0 Å². The van der Waals surface area contributed by atoms with Crippen LogP contribution in [0.2, 0.25) is 0 Å². The zero-order chi connectivity index (χ0) is 21.4. The molecule has 1 aromatic carbocycles. The van der Waals surface area contributed by atoms with E-state index in [0.29, 0.717) is 35.5 Å². The number of nitrogens with zero attached hydrogens (tertiary/aromatic N) is 3. The van der Waals surface area contributed by atoms with Crippen LogP contribution in [-0.2, 0) is 4.74 Å². The summed E-state index contributed by atoms with van der Waals surface area (Å²) < 4.78 is 34.0. The fourth-order valence-electron chi connectivity index (χ4n) is 3.69. The van der Waals surface area contributed by atoms with Crippen molar-refractivity contribution in [2.75, 3.05) is 36.5 Å². The van der Waals surface area contributed by atoms with Gasteiger partial charge in [-0.1, -0.05) is 6.07 Å². The molecule has 4 heterocycles. The third kappa shape index (κ3) is 3.64. The molecule has 0 amide bonds. The Labute approximate surface area is 176 Å². The molecule has 0 saturated carbocycles. The molecule has 1 fully saturated rings. The van der Waals surface area contributed by atoms with Crippen molar-refractivity contribution in [3.05, 3.63) is 60.4 Å². The van der Waals surface area contributed by atoms with Gasteiger partial charge in [0.2, 0.25) is 0 Å². The number of morpholine rings is 1. The second-order valence-corrected chi connectivity index (χ2v) is 7.18. The first-order chi connectivity index (χ1) is 15.1. The van der Waals surface area contributed by atoms with Crippen LogP contribution < -0.4 is 10.2 Å². The third-order valence-corrected chi connectivity index (χ3v) is 5.21. The Bertz CT molecular complexity index is 1220. The molecule has 158 valence electrons. The number of aromatic amines is 1. The SMILES string of the molecule is Oc1[nH]cc2nc(-c3c(F)cccc3F)cc(Nc3ccc(N4CCOCC4)nc3)c12. The van der Waals surface area contributed by atoms with Gasteiger partial charge >= 0.3 is 0 Å². The molecule has 0 atom stereocenters. The molecule has 0 spiro atoms. The molecular weight excluding hydrogens is 404 g/mol. The van der Waals surface area contributed by atoms with E-state index in [1.54, 1.807) is 6.20 Å². The van der Waals surface area contributed by atoms with Crippen molar-refractivity contribution >= 4 is 28.1 Å². The lowest BCUT2D eigenvalue weighted by atomic mass is 10.1. The molecule has 7 nitrogen and oxygen atoms in total. The van der Waals surface area contributed by atoms with E-state index in [2.05, 4.69) is 25.2 Å². The summed E-state index contributed by atoms with van der Waals surface area (Å²) in [6, 6.07) is 8.92. The van der Waals surface area contributed by atoms with Gasteiger partial charge in [-0.25, -0.2) is 18.7 Å². The van der Waals surface area contributed by atoms with Gasteiger partial charge in [0.05, 0.1) is 52.9 Å². The number of fused-ring (bicyclic) bond motifs is 1. The minimum Gasteiger partial charge on any atom is -0.494 e. The largest absolute Gasteiger partial charge is 0.494 e. The molecule has 3 aromatic heterocycles. The maximum Gasteiger partial charge on any atom is 0.200 e. The number of anilines is 3. The molecule has 1 aliphatic rings. The number of hydrogen-bond donors (Lipinski definition) is 3. The standard InChI is InChI=1S/C22H19F2N5O2/c23-14-2-1-3-15(24)20(14)16-10-17(21-18(28-16)12-26-22(21)30)27-13-4-5-19(25-11-13)29-6-8-31-9-7-29/h1-5,10-12,26-27,30H,6-9H2. The average Bonchev–Trinajstić information content (AvgIpc) is 3.16. The summed E-state index contributed by atoms with van der Waals surface area (Å²) >= 11 is 0. The molecule has 1 aliphatic heterocycles. The first kappa shape index (κ1) is 19.3. The van der Waals surface area contributed by atoms with E-state index in [9.17, 15) is 13.9 Å². The number of pyridine rings is 2. The number of aromatic nitrogens is 3. The highest BCUT2D eigenvalue weighted by atomic mass is 19.1. The molecule has 0 unspecified atom stereocenters. The van der Waals surface area contributed by atoms with Crippen molar-refractivity contribution in [3.63, 3.8) is 0 Å². The number of H-pyrrole nitrogens is 1. The van der Waals surface area contributed by atoms with Crippen LogP contribution in [0.15, 0.2) is 48.8 Å². The summed E-state index contributed by atoms with van der Waals surface area (Å²) in [5.74, 6) is -0.682. The maximum absolute atomic E-state index is 14.3. The first-order valence-electron chi connectivity index (χ1n) is 9.81. The van der Waals surface area contributed by atoms with Gasteiger partial charge in [0.15, 0.2) is 5.88 Å². The molecule has 5 rings (SSSR count). The van der Waals surface area contributed by atoms with Crippen LogP contribution in [0.4, 0.5) is 26.0 Å². The van der Waals surface area contributed by atoms with Gasteiger partial charge in [-0.3, -0.25) is 0 Å². The Balaban J connectivity index is 1.52. The molecule has 0 aliphatic carbocycles. The van der Waals surface area contributed by atoms with Gasteiger partial charge < -0.3 is 25.0 Å². The first-order valence-corrected chi connectivity index (χ1v) is 9.81. The lowest BCUT2D eigenvalue weighted by Crippen LogP contribution is -2.36. The van der Waals surface area contributed by atoms with Crippen molar-refractivity contribution in [2.45, 2.75) is 0 Å². The summed E-state index contributed by atoms with van der Waals surface area (Å²) in [6.45, 7) is 2.89. The number of ether oxygens (including phenoxy) is 1. The van der Waals surface area contributed by atoms with Gasteiger partial charge in [-0.05, 0) is 30.3 Å². The van der Waals surface area contributed by atoms with Crippen LogP contribution in [0.5, 0.6) is 5.88 Å². The molecule has 3 N–H and O–H groups in total. The Morgan fingerprint density at radius 3 is 2.58 bits per heavy atom. The van der Waals surface area contributed by atoms with Gasteiger partial charge in [0, 0.05) is 19.3 Å². The Kier molecular flexibility index (Phi) is 4.87. The van der Waals surface area contributed by atoms with Crippen molar-refractivity contribution < 1.29 is 18.6 Å². The third-order valence-electron chi connectivity index (χ3n) is 5.21. The average molecular weight is 423 g/mol. The monoisotopic (exact) mass is 423 g/mol. The Morgan fingerprint density at radius 1 is 1.10 bits per heavy atom. The van der Waals surface area contributed by atoms with Gasteiger partial charge in [0.25, 0.3) is 0 Å². The van der Waals surface area contributed by atoms with Gasteiger partial charge in [0.1, 0.15) is 17.5 Å². The van der Waals surface area contributed by atoms with E-state index in [1.807, 2.05) is 12.1 Å². The summed E-state index contributed by atoms with van der Waals surface area (Å²) in [6.07, 6.45) is 3.15. The van der Waals surface area contributed by atoms with E-state index < -0.39 is 11.6 Å². The van der Waals surface area contributed by atoms with Crippen LogP contribution >= 0.6 is 0 Å². The minimum atomic E-state index is -0.714. The molecule has 9 heteroatoms. The fraction of sp³-hybridized carbons (Fsp3) is 0.182. The molecule has 31 heavy (non-hydrogen) atoms. The zero-order valence-electron chi connectivity index (χ0n) is 16.4. The normalized spacial score (nSPS) is 14.2. The lowest BCUT2D eigenvalue weighted by molar-refractivity contribution is 0.122. The predicted molar refractivity (Wildman–Crippen MR) is 114 cm³/mol. The molecule has 0 radical (unpaired) electrons. The smallest absolute Gasteiger partial charge is 0.200 e. The molecule has 4 aromatic rings. The lowest BCUT2D eigenvalue weighted by Gasteiger charge is -2.27. The number of rotatable bonds is 4. The summed E-state index contributed by atoms with van der Waals surface area (Å²) in [4.78, 5) is 13.6. The maximum atomic E-state index is 14.3. The Hall–Kier alpha value is -3.72. The van der Waals surface area contributed by atoms with Crippen LogP contribution in [0.3, 0.4) is 0 Å². The Morgan fingerprint density at radius 2 is 1.87 bits per heavy atom. The summed E-state index contributed by atoms with van der Waals surface area (Å²) in [7, 11) is 0. The van der Waals surface area contributed by atoms with Crippen LogP contribution in [-0.4, -0.2) is 46.4 Å². The van der Waals surface area contributed by atoms with Crippen molar-refractivity contribution in [2.24, 2.45) is 0 Å².